The molecule has 22 heavy (non-hydrogen) atoms. The topological polar surface area (TPSA) is 58.6 Å². The number of hydrogen-bond acceptors (Lipinski definition) is 5. The van der Waals surface area contributed by atoms with E-state index in [1.54, 1.807) is 6.20 Å². The van der Waals surface area contributed by atoms with Crippen LogP contribution in [0.4, 0.5) is 0 Å². The van der Waals surface area contributed by atoms with E-state index in [2.05, 4.69) is 21.9 Å². The highest BCUT2D eigenvalue weighted by Gasteiger charge is 2.37. The van der Waals surface area contributed by atoms with Crippen LogP contribution in [0, 0.1) is 0 Å². The molecule has 3 rings (SSSR count). The summed E-state index contributed by atoms with van der Waals surface area (Å²) in [5.74, 6) is 0.252. The van der Waals surface area contributed by atoms with Crippen molar-refractivity contribution < 1.29 is 9.53 Å². The molecule has 1 aromatic heterocycles. The summed E-state index contributed by atoms with van der Waals surface area (Å²) < 4.78 is 5.84. The third-order valence-corrected chi connectivity index (χ3v) is 4.67. The summed E-state index contributed by atoms with van der Waals surface area (Å²) in [5.41, 5.74) is 1.46. The molecule has 0 spiro atoms. The standard InChI is InChI=1S/C16H24N4O2/c1-11(2)15-12(8-17-10-18-15)16(21)20-5-4-14-13(9-20)19(3)6-7-22-14/h8,10-11,13-14H,4-7,9H2,1-3H3/t13-,14+/m0/s1. The molecule has 1 amide bonds. The van der Waals surface area contributed by atoms with Gasteiger partial charge in [0.25, 0.3) is 5.91 Å². The van der Waals surface area contributed by atoms with Crippen molar-refractivity contribution in [1.29, 1.82) is 0 Å². The van der Waals surface area contributed by atoms with Gasteiger partial charge in [0.05, 0.1) is 30.0 Å². The van der Waals surface area contributed by atoms with Crippen LogP contribution in [-0.2, 0) is 4.74 Å². The Bertz CT molecular complexity index is 549. The van der Waals surface area contributed by atoms with E-state index in [-0.39, 0.29) is 17.9 Å². The molecule has 0 aromatic carbocycles. The molecule has 2 atom stereocenters. The molecule has 6 heteroatoms. The quantitative estimate of drug-likeness (QED) is 0.820. The highest BCUT2D eigenvalue weighted by molar-refractivity contribution is 5.95. The van der Waals surface area contributed by atoms with Gasteiger partial charge in [-0.1, -0.05) is 13.8 Å². The van der Waals surface area contributed by atoms with Crippen LogP contribution in [0.5, 0.6) is 0 Å². The summed E-state index contributed by atoms with van der Waals surface area (Å²) in [6.07, 6.45) is 4.31. The fourth-order valence-electron chi connectivity index (χ4n) is 3.36. The number of morpholine rings is 1. The SMILES string of the molecule is CC(C)c1ncncc1C(=O)N1CC[C@H]2OCCN(C)[C@H]2C1. The number of nitrogens with zero attached hydrogens (tertiary/aromatic N) is 4. The first-order valence-corrected chi connectivity index (χ1v) is 7.99. The van der Waals surface area contributed by atoms with Crippen LogP contribution in [0.25, 0.3) is 0 Å². The average molecular weight is 304 g/mol. The van der Waals surface area contributed by atoms with Gasteiger partial charge < -0.3 is 9.64 Å². The lowest BCUT2D eigenvalue weighted by Gasteiger charge is -2.45. The minimum Gasteiger partial charge on any atom is -0.375 e. The number of hydrogen-bond donors (Lipinski definition) is 0. The highest BCUT2D eigenvalue weighted by Crippen LogP contribution is 2.24. The first-order valence-electron chi connectivity index (χ1n) is 7.99. The van der Waals surface area contributed by atoms with Gasteiger partial charge in [0, 0.05) is 25.8 Å². The Morgan fingerprint density at radius 3 is 3.00 bits per heavy atom. The van der Waals surface area contributed by atoms with Crippen molar-refractivity contribution in [2.45, 2.75) is 38.3 Å². The number of likely N-dealkylation sites (tertiary alicyclic amines) is 1. The predicted molar refractivity (Wildman–Crippen MR) is 82.8 cm³/mol. The lowest BCUT2D eigenvalue weighted by molar-refractivity contribution is -0.0893. The normalized spacial score (nSPS) is 26.1. The molecular weight excluding hydrogens is 280 g/mol. The third kappa shape index (κ3) is 2.85. The maximum absolute atomic E-state index is 12.9. The molecule has 2 aliphatic heterocycles. The number of carbonyl (C=O) groups excluding carboxylic acids is 1. The van der Waals surface area contributed by atoms with Gasteiger partial charge in [-0.15, -0.1) is 0 Å². The Labute approximate surface area is 131 Å². The number of ether oxygens (including phenoxy) is 1. The zero-order chi connectivity index (χ0) is 15.7. The smallest absolute Gasteiger partial charge is 0.257 e. The van der Waals surface area contributed by atoms with Gasteiger partial charge in [-0.05, 0) is 19.4 Å². The van der Waals surface area contributed by atoms with Crippen LogP contribution >= 0.6 is 0 Å². The van der Waals surface area contributed by atoms with Crippen LogP contribution < -0.4 is 0 Å². The molecule has 0 aliphatic carbocycles. The summed E-state index contributed by atoms with van der Waals surface area (Å²) in [5, 5.41) is 0. The first kappa shape index (κ1) is 15.4. The Kier molecular flexibility index (Phi) is 4.40. The molecule has 0 unspecified atom stereocenters. The lowest BCUT2D eigenvalue weighted by Crippen LogP contribution is -2.59. The monoisotopic (exact) mass is 304 g/mol. The molecule has 0 N–H and O–H groups in total. The van der Waals surface area contributed by atoms with E-state index in [0.29, 0.717) is 18.2 Å². The number of piperidine rings is 1. The molecule has 2 fully saturated rings. The van der Waals surface area contributed by atoms with Gasteiger partial charge >= 0.3 is 0 Å². The number of aromatic nitrogens is 2. The molecule has 0 bridgehead atoms. The van der Waals surface area contributed by atoms with Crippen molar-refractivity contribution in [2.75, 3.05) is 33.3 Å². The molecule has 0 radical (unpaired) electrons. The van der Waals surface area contributed by atoms with Crippen LogP contribution in [0.1, 0.15) is 42.2 Å². The Hall–Kier alpha value is -1.53. The maximum atomic E-state index is 12.9. The second-order valence-electron chi connectivity index (χ2n) is 6.47. The summed E-state index contributed by atoms with van der Waals surface area (Å²) >= 11 is 0. The Balaban J connectivity index is 1.78. The Morgan fingerprint density at radius 2 is 2.23 bits per heavy atom. The minimum absolute atomic E-state index is 0.0433. The van der Waals surface area contributed by atoms with Crippen LogP contribution in [0.3, 0.4) is 0 Å². The molecular formula is C16H24N4O2. The number of rotatable bonds is 2. The van der Waals surface area contributed by atoms with Gasteiger partial charge in [-0.25, -0.2) is 9.97 Å². The van der Waals surface area contributed by atoms with Crippen molar-refractivity contribution in [3.8, 4) is 0 Å². The minimum atomic E-state index is 0.0433. The van der Waals surface area contributed by atoms with Gasteiger partial charge in [0.2, 0.25) is 0 Å². The van der Waals surface area contributed by atoms with Crippen molar-refractivity contribution in [2.24, 2.45) is 0 Å². The number of amides is 1. The van der Waals surface area contributed by atoms with Crippen molar-refractivity contribution in [3.63, 3.8) is 0 Å². The predicted octanol–water partition coefficient (Wildman–Crippen LogP) is 1.15. The van der Waals surface area contributed by atoms with Crippen LogP contribution in [0.2, 0.25) is 0 Å². The van der Waals surface area contributed by atoms with E-state index in [9.17, 15) is 4.79 Å². The summed E-state index contributed by atoms with van der Waals surface area (Å²) in [4.78, 5) is 25.5. The fraction of sp³-hybridized carbons (Fsp3) is 0.688. The molecule has 2 aliphatic rings. The number of carbonyl (C=O) groups is 1. The third-order valence-electron chi connectivity index (χ3n) is 4.67. The first-order chi connectivity index (χ1) is 10.6. The zero-order valence-electron chi connectivity index (χ0n) is 13.5. The molecule has 120 valence electrons. The zero-order valence-corrected chi connectivity index (χ0v) is 13.5. The van der Waals surface area contributed by atoms with Gasteiger partial charge in [0.15, 0.2) is 0 Å². The largest absolute Gasteiger partial charge is 0.375 e. The van der Waals surface area contributed by atoms with Crippen molar-refractivity contribution >= 4 is 5.91 Å². The molecule has 6 nitrogen and oxygen atoms in total. The van der Waals surface area contributed by atoms with Crippen LogP contribution in [-0.4, -0.2) is 71.1 Å². The second kappa shape index (κ2) is 6.30. The molecule has 3 heterocycles. The van der Waals surface area contributed by atoms with Gasteiger partial charge in [0.1, 0.15) is 6.33 Å². The van der Waals surface area contributed by atoms with Crippen molar-refractivity contribution in [1.82, 2.24) is 19.8 Å². The van der Waals surface area contributed by atoms with Gasteiger partial charge in [-0.3, -0.25) is 9.69 Å². The number of fused-ring (bicyclic) bond motifs is 1. The average Bonchev–Trinajstić information content (AvgIpc) is 2.54. The van der Waals surface area contributed by atoms with Gasteiger partial charge in [-0.2, -0.15) is 0 Å². The van der Waals surface area contributed by atoms with E-state index in [0.717, 1.165) is 31.8 Å². The summed E-state index contributed by atoms with van der Waals surface area (Å²) in [7, 11) is 2.11. The maximum Gasteiger partial charge on any atom is 0.257 e. The number of likely N-dealkylation sites (N-methyl/N-ethyl adjacent to an activating group) is 1. The highest BCUT2D eigenvalue weighted by atomic mass is 16.5. The molecule has 2 saturated heterocycles. The molecule has 1 aromatic rings. The van der Waals surface area contributed by atoms with E-state index in [4.69, 9.17) is 4.74 Å². The lowest BCUT2D eigenvalue weighted by atomic mass is 9.97. The summed E-state index contributed by atoms with van der Waals surface area (Å²) in [6.45, 7) is 7.26. The second-order valence-corrected chi connectivity index (χ2v) is 6.47. The van der Waals surface area contributed by atoms with E-state index in [1.807, 2.05) is 18.7 Å². The summed E-state index contributed by atoms with van der Waals surface area (Å²) in [6, 6.07) is 0.290. The van der Waals surface area contributed by atoms with Crippen LogP contribution in [0.15, 0.2) is 12.5 Å². The molecule has 0 saturated carbocycles. The van der Waals surface area contributed by atoms with Crippen molar-refractivity contribution in [3.05, 3.63) is 23.8 Å². The fourth-order valence-corrected chi connectivity index (χ4v) is 3.36. The van der Waals surface area contributed by atoms with E-state index in [1.165, 1.54) is 6.33 Å². The van der Waals surface area contributed by atoms with E-state index >= 15 is 0 Å². The Morgan fingerprint density at radius 1 is 1.41 bits per heavy atom. The van der Waals surface area contributed by atoms with E-state index < -0.39 is 0 Å².